The van der Waals surface area contributed by atoms with Crippen molar-refractivity contribution in [3.05, 3.63) is 70.7 Å². The molecule has 0 radical (unpaired) electrons. The molecule has 2 rings (SSSR count). The summed E-state index contributed by atoms with van der Waals surface area (Å²) in [5.41, 5.74) is 0. The summed E-state index contributed by atoms with van der Waals surface area (Å²) in [6, 6.07) is 20.1. The predicted octanol–water partition coefficient (Wildman–Crippen LogP) is 4.28. The smallest absolute Gasteiger partial charge is 0.182 e. The van der Waals surface area contributed by atoms with Gasteiger partial charge in [-0.1, -0.05) is 10.0 Å². The molecule has 0 amide bonds. The molecule has 0 nitrogen and oxygen atoms in total. The molecule has 0 saturated heterocycles. The molecule has 0 spiro atoms. The molecule has 0 fully saturated rings. The average molecular weight is 418 g/mol. The van der Waals surface area contributed by atoms with Gasteiger partial charge in [0.2, 0.25) is 0 Å². The van der Waals surface area contributed by atoms with Crippen LogP contribution in [0.5, 0.6) is 0 Å². The third kappa shape index (κ3) is 7.62. The summed E-state index contributed by atoms with van der Waals surface area (Å²) in [6.45, 7) is 0. The zero-order chi connectivity index (χ0) is 10.2. The van der Waals surface area contributed by atoms with E-state index in [1.807, 2.05) is 36.4 Å². The van der Waals surface area contributed by atoms with Gasteiger partial charge in [0, 0.05) is 0 Å². The molecule has 0 saturated carbocycles. The van der Waals surface area contributed by atoms with E-state index in [-0.39, 0.29) is 21.1 Å². The Hall–Kier alpha value is -0.292. The van der Waals surface area contributed by atoms with Crippen LogP contribution >= 0.6 is 23.2 Å². The van der Waals surface area contributed by atoms with E-state index in [9.17, 15) is 0 Å². The fourth-order valence-electron chi connectivity index (χ4n) is 0.743. The fraction of sp³-hybridized carbons (Fsp3) is 0. The number of hydrogen-bond donors (Lipinski definition) is 0. The van der Waals surface area contributed by atoms with Gasteiger partial charge in [-0.25, -0.2) is 0 Å². The van der Waals surface area contributed by atoms with E-state index >= 15 is 0 Å². The van der Waals surface area contributed by atoms with Crippen LogP contribution in [-0.2, 0) is 21.1 Å². The van der Waals surface area contributed by atoms with Gasteiger partial charge < -0.3 is 0 Å². The van der Waals surface area contributed by atoms with Crippen LogP contribution in [0.2, 0.25) is 10.0 Å². The van der Waals surface area contributed by atoms with Crippen molar-refractivity contribution in [2.45, 2.75) is 0 Å². The first-order valence-electron chi connectivity index (χ1n) is 4.02. The Kier molecular flexibility index (Phi) is 8.80. The molecule has 3 heteroatoms. The van der Waals surface area contributed by atoms with E-state index in [0.717, 1.165) is 10.0 Å². The molecule has 0 N–H and O–H groups in total. The van der Waals surface area contributed by atoms with Crippen LogP contribution in [0.15, 0.2) is 48.5 Å². The van der Waals surface area contributed by atoms with E-state index in [1.54, 1.807) is 12.1 Å². The molecule has 80 valence electrons. The van der Waals surface area contributed by atoms with Gasteiger partial charge >= 0.3 is 21.1 Å². The Morgan fingerprint density at radius 1 is 0.800 bits per heavy atom. The molecule has 0 aliphatic heterocycles. The molecule has 0 heterocycles. The maximum absolute atomic E-state index is 5.51. The molecule has 0 bridgehead atoms. The summed E-state index contributed by atoms with van der Waals surface area (Å²) in [6.07, 6.45) is 0. The first-order valence-corrected chi connectivity index (χ1v) is 4.78. The quantitative estimate of drug-likeness (QED) is 0.561. The molecule has 0 aromatic heterocycles. The zero-order valence-electron chi connectivity index (χ0n) is 7.69. The van der Waals surface area contributed by atoms with E-state index in [4.69, 9.17) is 23.2 Å². The van der Waals surface area contributed by atoms with Gasteiger partial charge in [-0.15, -0.1) is 0 Å². The molecule has 0 aliphatic rings. The van der Waals surface area contributed by atoms with Crippen LogP contribution in [-0.4, -0.2) is 0 Å². The van der Waals surface area contributed by atoms with Crippen molar-refractivity contribution in [1.82, 2.24) is 0 Å². The monoisotopic (exact) mass is 417 g/mol. The van der Waals surface area contributed by atoms with Crippen LogP contribution in [0.1, 0.15) is 0 Å². The minimum absolute atomic E-state index is 0. The third-order valence-electron chi connectivity index (χ3n) is 1.34. The Labute approximate surface area is 114 Å². The van der Waals surface area contributed by atoms with Crippen molar-refractivity contribution in [2.75, 3.05) is 0 Å². The van der Waals surface area contributed by atoms with Crippen LogP contribution in [0.3, 0.4) is 0 Å². The van der Waals surface area contributed by atoms with Crippen LogP contribution in [0, 0.1) is 12.1 Å². The van der Waals surface area contributed by atoms with Crippen LogP contribution in [0.25, 0.3) is 0 Å². The average Bonchev–Trinajstić information content (AvgIpc) is 2.21. The number of hydrogen-bond acceptors (Lipinski definition) is 0. The first kappa shape index (κ1) is 14.7. The van der Waals surface area contributed by atoms with Crippen LogP contribution in [0.4, 0.5) is 0 Å². The minimum Gasteiger partial charge on any atom is -0.182 e. The topological polar surface area (TPSA) is 0 Å². The van der Waals surface area contributed by atoms with Gasteiger partial charge in [0.1, 0.15) is 0 Å². The summed E-state index contributed by atoms with van der Waals surface area (Å²) in [5, 5.41) is 1.48. The maximum Gasteiger partial charge on any atom is 2.00 e. The summed E-state index contributed by atoms with van der Waals surface area (Å²) in [4.78, 5) is 0. The second-order valence-corrected chi connectivity index (χ2v) is 3.32. The van der Waals surface area contributed by atoms with Crippen LogP contribution < -0.4 is 0 Å². The summed E-state index contributed by atoms with van der Waals surface area (Å²) < 4.78 is 0. The van der Waals surface area contributed by atoms with Gasteiger partial charge in [-0.3, -0.25) is 0 Å². The van der Waals surface area contributed by atoms with E-state index in [0.29, 0.717) is 0 Å². The number of benzene rings is 2. The molecule has 15 heavy (non-hydrogen) atoms. The summed E-state index contributed by atoms with van der Waals surface area (Å²) in [7, 11) is 0. The molecular formula is C12H8Cl2Pt. The number of halogens is 2. The van der Waals surface area contributed by atoms with Crippen molar-refractivity contribution in [3.8, 4) is 0 Å². The molecule has 0 unspecified atom stereocenters. The Morgan fingerprint density at radius 2 is 1.20 bits per heavy atom. The second kappa shape index (κ2) is 8.97. The fourth-order valence-corrected chi connectivity index (χ4v) is 1.01. The van der Waals surface area contributed by atoms with Gasteiger partial charge in [0.25, 0.3) is 0 Å². The van der Waals surface area contributed by atoms with Crippen molar-refractivity contribution in [2.24, 2.45) is 0 Å². The summed E-state index contributed by atoms with van der Waals surface area (Å²) in [5.74, 6) is 0. The first-order chi connectivity index (χ1) is 6.79. The van der Waals surface area contributed by atoms with Crippen molar-refractivity contribution in [3.63, 3.8) is 0 Å². The molecular weight excluding hydrogens is 410 g/mol. The van der Waals surface area contributed by atoms with Crippen molar-refractivity contribution < 1.29 is 21.1 Å². The Bertz CT molecular complexity index is 311. The largest absolute Gasteiger partial charge is 2.00 e. The van der Waals surface area contributed by atoms with E-state index < -0.39 is 0 Å². The van der Waals surface area contributed by atoms with Gasteiger partial charge in [-0.05, 0) is 0 Å². The maximum atomic E-state index is 5.51. The predicted molar refractivity (Wildman–Crippen MR) is 60.6 cm³/mol. The van der Waals surface area contributed by atoms with Gasteiger partial charge in [0.15, 0.2) is 0 Å². The van der Waals surface area contributed by atoms with Crippen molar-refractivity contribution >= 4 is 23.2 Å². The van der Waals surface area contributed by atoms with E-state index in [1.165, 1.54) is 0 Å². The van der Waals surface area contributed by atoms with Crippen molar-refractivity contribution in [1.29, 1.82) is 0 Å². The summed E-state index contributed by atoms with van der Waals surface area (Å²) >= 11 is 11.0. The Morgan fingerprint density at radius 3 is 1.33 bits per heavy atom. The number of rotatable bonds is 0. The molecule has 2 aromatic rings. The van der Waals surface area contributed by atoms with E-state index in [2.05, 4.69) is 12.1 Å². The zero-order valence-corrected chi connectivity index (χ0v) is 11.5. The van der Waals surface area contributed by atoms with Gasteiger partial charge in [0.05, 0.1) is 0 Å². The molecule has 0 aliphatic carbocycles. The van der Waals surface area contributed by atoms with Gasteiger partial charge in [-0.2, -0.15) is 83.9 Å². The SMILES string of the molecule is Clc1c[c-]ccc1.Clc1c[c-]ccc1.[Pt+2]. The minimum atomic E-state index is 0. The molecule has 2 aromatic carbocycles. The third-order valence-corrected chi connectivity index (χ3v) is 1.81. The molecule has 0 atom stereocenters. The standard InChI is InChI=1S/2C6H4Cl.Pt/c2*7-6-4-2-1-3-5-6;/h2*1-2,4-5H;/q2*-1;+2. The normalized spacial score (nSPS) is 8.13. The second-order valence-electron chi connectivity index (χ2n) is 2.44. The Balaban J connectivity index is 0.000000245.